The van der Waals surface area contributed by atoms with Crippen molar-refractivity contribution in [2.24, 2.45) is 7.05 Å². The maximum absolute atomic E-state index is 12.2. The van der Waals surface area contributed by atoms with Crippen LogP contribution in [0.25, 0.3) is 0 Å². The molecule has 1 N–H and O–H groups in total. The summed E-state index contributed by atoms with van der Waals surface area (Å²) < 4.78 is 6.99. The van der Waals surface area contributed by atoms with Crippen molar-refractivity contribution in [3.8, 4) is 5.88 Å². The fraction of sp³-hybridized carbons (Fsp3) is 0.529. The number of amides is 1. The second-order valence-electron chi connectivity index (χ2n) is 6.81. The third-order valence-electron chi connectivity index (χ3n) is 5.39. The molecule has 0 radical (unpaired) electrons. The van der Waals surface area contributed by atoms with Gasteiger partial charge in [-0.15, -0.1) is 0 Å². The zero-order valence-electron chi connectivity index (χ0n) is 14.5. The van der Waals surface area contributed by atoms with Crippen molar-refractivity contribution in [1.82, 2.24) is 25.1 Å². The highest BCUT2D eigenvalue weighted by Crippen LogP contribution is 2.43. The maximum Gasteiger partial charge on any atom is 0.221 e. The number of nitrogens with one attached hydrogen (secondary N) is 1. The molecule has 2 fully saturated rings. The Labute approximate surface area is 146 Å². The van der Waals surface area contributed by atoms with Gasteiger partial charge in [-0.2, -0.15) is 5.10 Å². The van der Waals surface area contributed by atoms with Gasteiger partial charge < -0.3 is 15.0 Å². The number of hydrogen-bond acceptors (Lipinski definition) is 6. The normalized spacial score (nSPS) is 22.2. The van der Waals surface area contributed by atoms with Gasteiger partial charge in [0, 0.05) is 44.7 Å². The molecular weight excluding hydrogens is 320 g/mol. The number of ether oxygens (including phenoxy) is 1. The Morgan fingerprint density at radius 3 is 2.80 bits per heavy atom. The average molecular weight is 342 g/mol. The summed E-state index contributed by atoms with van der Waals surface area (Å²) >= 11 is 0. The highest BCUT2D eigenvalue weighted by Gasteiger charge is 2.49. The molecular formula is C17H22N6O2. The molecule has 0 aromatic carbocycles. The van der Waals surface area contributed by atoms with Gasteiger partial charge in [-0.1, -0.05) is 0 Å². The van der Waals surface area contributed by atoms with Gasteiger partial charge in [-0.25, -0.2) is 9.97 Å². The van der Waals surface area contributed by atoms with E-state index in [2.05, 4.69) is 25.3 Å². The zero-order chi connectivity index (χ0) is 17.4. The molecule has 2 aromatic heterocycles. The second kappa shape index (κ2) is 6.02. The largest absolute Gasteiger partial charge is 0.481 e. The number of nitrogens with zero attached hydrogens (tertiary/aromatic N) is 5. The van der Waals surface area contributed by atoms with Gasteiger partial charge in [-0.05, 0) is 18.4 Å². The standard InChI is InChI=1S/C17H22N6O2/c1-22-10-12(9-20-22)13-7-15(24)21-17(13)3-5-23(6-4-17)14-8-16(25-2)19-11-18-14/h8-11,13H,3-7H2,1-2H3,(H,21,24)/t13-/m1/s1. The number of carbonyl (C=O) groups is 1. The van der Waals surface area contributed by atoms with Crippen LogP contribution in [0.3, 0.4) is 0 Å². The van der Waals surface area contributed by atoms with E-state index in [9.17, 15) is 4.79 Å². The molecule has 1 atom stereocenters. The van der Waals surface area contributed by atoms with Crippen molar-refractivity contribution in [2.45, 2.75) is 30.7 Å². The molecule has 8 nitrogen and oxygen atoms in total. The predicted octanol–water partition coefficient (Wildman–Crippen LogP) is 0.861. The van der Waals surface area contributed by atoms with E-state index in [0.717, 1.165) is 37.3 Å². The zero-order valence-corrected chi connectivity index (χ0v) is 14.5. The van der Waals surface area contributed by atoms with Gasteiger partial charge in [0.2, 0.25) is 11.8 Å². The van der Waals surface area contributed by atoms with Crippen molar-refractivity contribution < 1.29 is 9.53 Å². The first-order valence-electron chi connectivity index (χ1n) is 8.50. The lowest BCUT2D eigenvalue weighted by Crippen LogP contribution is -2.53. The maximum atomic E-state index is 12.2. The number of methoxy groups -OCH3 is 1. The van der Waals surface area contributed by atoms with Gasteiger partial charge in [-0.3, -0.25) is 9.48 Å². The summed E-state index contributed by atoms with van der Waals surface area (Å²) in [6.45, 7) is 1.66. The minimum absolute atomic E-state index is 0.131. The van der Waals surface area contributed by atoms with Crippen molar-refractivity contribution >= 4 is 11.7 Å². The van der Waals surface area contributed by atoms with E-state index in [1.807, 2.05) is 25.5 Å². The van der Waals surface area contributed by atoms with E-state index in [1.165, 1.54) is 6.33 Å². The molecule has 0 aliphatic carbocycles. The number of hydrogen-bond donors (Lipinski definition) is 1. The SMILES string of the molecule is COc1cc(N2CCC3(CC2)NC(=O)C[C@@H]3c2cnn(C)c2)ncn1. The van der Waals surface area contributed by atoms with E-state index in [4.69, 9.17) is 4.74 Å². The van der Waals surface area contributed by atoms with E-state index in [-0.39, 0.29) is 17.4 Å². The summed E-state index contributed by atoms with van der Waals surface area (Å²) in [4.78, 5) is 22.8. The number of aromatic nitrogens is 4. The van der Waals surface area contributed by atoms with Crippen LogP contribution in [0.15, 0.2) is 24.8 Å². The Hall–Kier alpha value is -2.64. The van der Waals surface area contributed by atoms with Crippen LogP contribution in [0.1, 0.15) is 30.7 Å². The topological polar surface area (TPSA) is 85.2 Å². The molecule has 4 rings (SSSR count). The lowest BCUT2D eigenvalue weighted by Gasteiger charge is -2.43. The highest BCUT2D eigenvalue weighted by molar-refractivity contribution is 5.81. The Morgan fingerprint density at radius 2 is 2.12 bits per heavy atom. The Morgan fingerprint density at radius 1 is 1.32 bits per heavy atom. The first-order chi connectivity index (χ1) is 12.1. The summed E-state index contributed by atoms with van der Waals surface area (Å²) in [5.41, 5.74) is 0.950. The molecule has 0 saturated carbocycles. The fourth-order valence-electron chi connectivity index (χ4n) is 4.08. The summed E-state index contributed by atoms with van der Waals surface area (Å²) in [7, 11) is 3.51. The van der Waals surface area contributed by atoms with E-state index < -0.39 is 0 Å². The van der Waals surface area contributed by atoms with Crippen molar-refractivity contribution in [3.63, 3.8) is 0 Å². The molecule has 0 bridgehead atoms. The number of aryl methyl sites for hydroxylation is 1. The van der Waals surface area contributed by atoms with Crippen LogP contribution < -0.4 is 15.0 Å². The van der Waals surface area contributed by atoms with Crippen LogP contribution in [0.2, 0.25) is 0 Å². The Bertz CT molecular complexity index is 781. The third kappa shape index (κ3) is 2.81. The molecule has 2 aromatic rings. The van der Waals surface area contributed by atoms with E-state index in [1.54, 1.807) is 11.8 Å². The quantitative estimate of drug-likeness (QED) is 0.891. The van der Waals surface area contributed by atoms with Crippen LogP contribution in [0.4, 0.5) is 5.82 Å². The highest BCUT2D eigenvalue weighted by atomic mass is 16.5. The summed E-state index contributed by atoms with van der Waals surface area (Å²) in [6.07, 6.45) is 7.72. The van der Waals surface area contributed by atoms with Crippen molar-refractivity contribution in [2.75, 3.05) is 25.1 Å². The lowest BCUT2D eigenvalue weighted by atomic mass is 9.75. The van der Waals surface area contributed by atoms with Crippen molar-refractivity contribution in [3.05, 3.63) is 30.4 Å². The van der Waals surface area contributed by atoms with Gasteiger partial charge in [0.25, 0.3) is 0 Å². The smallest absolute Gasteiger partial charge is 0.221 e. The van der Waals surface area contributed by atoms with Gasteiger partial charge in [0.05, 0.1) is 18.8 Å². The average Bonchev–Trinajstić information content (AvgIpc) is 3.19. The van der Waals surface area contributed by atoms with E-state index in [0.29, 0.717) is 12.3 Å². The number of piperidine rings is 1. The second-order valence-corrected chi connectivity index (χ2v) is 6.81. The molecule has 2 saturated heterocycles. The van der Waals surface area contributed by atoms with E-state index >= 15 is 0 Å². The molecule has 8 heteroatoms. The molecule has 25 heavy (non-hydrogen) atoms. The monoisotopic (exact) mass is 342 g/mol. The molecule has 0 unspecified atom stereocenters. The third-order valence-corrected chi connectivity index (χ3v) is 5.39. The summed E-state index contributed by atoms with van der Waals surface area (Å²) in [6, 6.07) is 1.85. The van der Waals surface area contributed by atoms with Gasteiger partial charge in [0.15, 0.2) is 0 Å². The summed E-state index contributed by atoms with van der Waals surface area (Å²) in [5, 5.41) is 7.54. The number of anilines is 1. The Balaban J connectivity index is 1.53. The molecule has 2 aliphatic rings. The summed E-state index contributed by atoms with van der Waals surface area (Å²) in [5.74, 6) is 1.73. The first kappa shape index (κ1) is 15.9. The minimum atomic E-state index is -0.187. The number of rotatable bonds is 3. The van der Waals surface area contributed by atoms with Crippen LogP contribution >= 0.6 is 0 Å². The molecule has 132 valence electrons. The van der Waals surface area contributed by atoms with Gasteiger partial charge >= 0.3 is 0 Å². The lowest BCUT2D eigenvalue weighted by molar-refractivity contribution is -0.119. The minimum Gasteiger partial charge on any atom is -0.481 e. The Kier molecular flexibility index (Phi) is 3.82. The predicted molar refractivity (Wildman–Crippen MR) is 91.5 cm³/mol. The first-order valence-corrected chi connectivity index (χ1v) is 8.50. The van der Waals surface area contributed by atoms with Crippen LogP contribution in [0, 0.1) is 0 Å². The molecule has 4 heterocycles. The van der Waals surface area contributed by atoms with Crippen LogP contribution in [-0.4, -0.2) is 51.4 Å². The molecule has 1 spiro atoms. The molecule has 1 amide bonds. The number of carbonyl (C=O) groups excluding carboxylic acids is 1. The molecule has 2 aliphatic heterocycles. The van der Waals surface area contributed by atoms with Crippen LogP contribution in [-0.2, 0) is 11.8 Å². The van der Waals surface area contributed by atoms with Crippen LogP contribution in [0.5, 0.6) is 5.88 Å². The van der Waals surface area contributed by atoms with Crippen molar-refractivity contribution in [1.29, 1.82) is 0 Å². The fourth-order valence-corrected chi connectivity index (χ4v) is 4.08. The van der Waals surface area contributed by atoms with Gasteiger partial charge in [0.1, 0.15) is 12.1 Å².